The molecule has 0 fully saturated rings. The molecule has 2 aromatic carbocycles. The minimum Gasteiger partial charge on any atom is -0.491 e. The lowest BCUT2D eigenvalue weighted by Gasteiger charge is -2.13. The Labute approximate surface area is 169 Å². The number of para-hydroxylation sites is 1. The molecule has 0 bridgehead atoms. The van der Waals surface area contributed by atoms with Crippen LogP contribution in [0.1, 0.15) is 18.1 Å². The average Bonchev–Trinajstić information content (AvgIpc) is 2.70. The predicted molar refractivity (Wildman–Crippen MR) is 114 cm³/mol. The molecule has 8 heteroatoms. The second-order valence-corrected chi connectivity index (χ2v) is 6.46. The summed E-state index contributed by atoms with van der Waals surface area (Å²) < 4.78 is 5.76. The number of rotatable bonds is 8. The van der Waals surface area contributed by atoms with Crippen LogP contribution in [-0.2, 0) is 4.79 Å². The number of aryl methyl sites for hydroxylation is 1. The summed E-state index contributed by atoms with van der Waals surface area (Å²) in [6.45, 7) is 6.44. The molecule has 0 unspecified atom stereocenters. The van der Waals surface area contributed by atoms with Gasteiger partial charge in [-0.15, -0.1) is 0 Å². The number of carbonyl (C=O) groups excluding carboxylic acids is 1. The van der Waals surface area contributed by atoms with E-state index in [9.17, 15) is 4.79 Å². The molecule has 29 heavy (non-hydrogen) atoms. The topological polar surface area (TPSA) is 101 Å². The maximum Gasteiger partial charge on any atom is 0.232 e. The van der Waals surface area contributed by atoms with Gasteiger partial charge in [0.15, 0.2) is 0 Å². The zero-order chi connectivity index (χ0) is 20.6. The van der Waals surface area contributed by atoms with E-state index in [1.807, 2.05) is 56.3 Å². The molecular weight excluding hydrogens is 368 g/mol. The molecule has 0 radical (unpaired) electrons. The second-order valence-electron chi connectivity index (χ2n) is 6.46. The van der Waals surface area contributed by atoms with Crippen LogP contribution in [-0.4, -0.2) is 34.0 Å². The lowest BCUT2D eigenvalue weighted by molar-refractivity contribution is -0.114. The second kappa shape index (κ2) is 9.50. The predicted octanol–water partition coefficient (Wildman–Crippen LogP) is 3.68. The van der Waals surface area contributed by atoms with E-state index in [2.05, 4.69) is 30.9 Å². The fourth-order valence-corrected chi connectivity index (χ4v) is 2.70. The zero-order valence-corrected chi connectivity index (χ0v) is 16.7. The zero-order valence-electron chi connectivity index (χ0n) is 16.7. The number of benzene rings is 2. The molecule has 0 saturated carbocycles. The van der Waals surface area contributed by atoms with Crippen LogP contribution >= 0.6 is 0 Å². The van der Waals surface area contributed by atoms with Gasteiger partial charge in [0.25, 0.3) is 0 Å². The van der Waals surface area contributed by atoms with Crippen LogP contribution in [0, 0.1) is 13.8 Å². The Morgan fingerprint density at radius 3 is 2.55 bits per heavy atom. The molecule has 0 aliphatic rings. The summed E-state index contributed by atoms with van der Waals surface area (Å²) in [6, 6.07) is 13.5. The number of nitrogens with zero attached hydrogens (tertiary/aromatic N) is 3. The van der Waals surface area contributed by atoms with Crippen molar-refractivity contribution in [1.29, 1.82) is 0 Å². The number of amides is 1. The first-order valence-electron chi connectivity index (χ1n) is 9.28. The summed E-state index contributed by atoms with van der Waals surface area (Å²) in [5.41, 5.74) is 3.53. The third-order valence-electron chi connectivity index (χ3n) is 4.20. The molecule has 150 valence electrons. The van der Waals surface area contributed by atoms with Gasteiger partial charge >= 0.3 is 0 Å². The number of aromatic nitrogens is 3. The highest BCUT2D eigenvalue weighted by Crippen LogP contribution is 2.25. The van der Waals surface area contributed by atoms with Gasteiger partial charge in [-0.1, -0.05) is 24.3 Å². The molecular formula is C21H24N6O2. The molecule has 1 aromatic heterocycles. The van der Waals surface area contributed by atoms with Crippen molar-refractivity contribution < 1.29 is 9.53 Å². The summed E-state index contributed by atoms with van der Waals surface area (Å²) in [4.78, 5) is 24.0. The Balaban J connectivity index is 1.58. The van der Waals surface area contributed by atoms with Crippen LogP contribution in [0.5, 0.6) is 5.75 Å². The highest BCUT2D eigenvalue weighted by molar-refractivity contribution is 5.90. The molecule has 8 nitrogen and oxygen atoms in total. The van der Waals surface area contributed by atoms with E-state index in [0.29, 0.717) is 25.0 Å². The van der Waals surface area contributed by atoms with E-state index in [-0.39, 0.29) is 5.91 Å². The van der Waals surface area contributed by atoms with E-state index < -0.39 is 0 Å². The van der Waals surface area contributed by atoms with E-state index in [4.69, 9.17) is 4.74 Å². The number of carbonyl (C=O) groups is 1. The van der Waals surface area contributed by atoms with Gasteiger partial charge in [0, 0.05) is 18.3 Å². The van der Waals surface area contributed by atoms with Gasteiger partial charge in [0.1, 0.15) is 18.7 Å². The molecule has 1 heterocycles. The maximum atomic E-state index is 11.3. The maximum absolute atomic E-state index is 11.3. The van der Waals surface area contributed by atoms with Crippen molar-refractivity contribution in [2.75, 3.05) is 29.1 Å². The third kappa shape index (κ3) is 5.65. The largest absolute Gasteiger partial charge is 0.491 e. The first-order chi connectivity index (χ1) is 14.0. The lowest BCUT2D eigenvalue weighted by Crippen LogP contribution is -2.14. The van der Waals surface area contributed by atoms with Crippen molar-refractivity contribution in [2.45, 2.75) is 20.8 Å². The number of nitrogens with one attached hydrogen (secondary N) is 3. The Kier molecular flexibility index (Phi) is 6.57. The summed E-state index contributed by atoms with van der Waals surface area (Å²) in [6.07, 6.45) is 1.44. The van der Waals surface area contributed by atoms with Crippen molar-refractivity contribution in [3.05, 3.63) is 59.9 Å². The Morgan fingerprint density at radius 1 is 1.00 bits per heavy atom. The molecule has 3 N–H and O–H groups in total. The summed E-state index contributed by atoms with van der Waals surface area (Å²) in [5, 5.41) is 9.10. The van der Waals surface area contributed by atoms with E-state index in [1.54, 1.807) is 0 Å². The SMILES string of the molecule is CC(=O)Nc1cccc(Nc2ncnc(NCCOc3ccccc3C)n2)c1C. The smallest absolute Gasteiger partial charge is 0.232 e. The van der Waals surface area contributed by atoms with Crippen molar-refractivity contribution >= 4 is 29.2 Å². The number of anilines is 4. The van der Waals surface area contributed by atoms with E-state index >= 15 is 0 Å². The monoisotopic (exact) mass is 392 g/mol. The van der Waals surface area contributed by atoms with Gasteiger partial charge in [0.2, 0.25) is 17.8 Å². The number of hydrogen-bond donors (Lipinski definition) is 3. The quantitative estimate of drug-likeness (QED) is 0.503. The fourth-order valence-electron chi connectivity index (χ4n) is 2.70. The van der Waals surface area contributed by atoms with Crippen LogP contribution < -0.4 is 20.7 Å². The van der Waals surface area contributed by atoms with Crippen LogP contribution in [0.15, 0.2) is 48.8 Å². The van der Waals surface area contributed by atoms with Gasteiger partial charge in [0.05, 0.1) is 6.54 Å². The van der Waals surface area contributed by atoms with Crippen molar-refractivity contribution in [2.24, 2.45) is 0 Å². The lowest BCUT2D eigenvalue weighted by atomic mass is 10.1. The fraction of sp³-hybridized carbons (Fsp3) is 0.238. The molecule has 0 saturated heterocycles. The minimum absolute atomic E-state index is 0.121. The third-order valence-corrected chi connectivity index (χ3v) is 4.20. The first-order valence-corrected chi connectivity index (χ1v) is 9.28. The molecule has 0 aliphatic carbocycles. The van der Waals surface area contributed by atoms with Gasteiger partial charge < -0.3 is 20.7 Å². The van der Waals surface area contributed by atoms with Crippen molar-refractivity contribution in [1.82, 2.24) is 15.0 Å². The highest BCUT2D eigenvalue weighted by Gasteiger charge is 2.08. The van der Waals surface area contributed by atoms with Crippen molar-refractivity contribution in [3.63, 3.8) is 0 Å². The van der Waals surface area contributed by atoms with Crippen LogP contribution in [0.25, 0.3) is 0 Å². The minimum atomic E-state index is -0.121. The average molecular weight is 392 g/mol. The van der Waals surface area contributed by atoms with Gasteiger partial charge in [-0.3, -0.25) is 4.79 Å². The normalized spacial score (nSPS) is 10.3. The van der Waals surface area contributed by atoms with E-state index in [1.165, 1.54) is 13.3 Å². The summed E-state index contributed by atoms with van der Waals surface area (Å²) >= 11 is 0. The Morgan fingerprint density at radius 2 is 1.76 bits per heavy atom. The van der Waals surface area contributed by atoms with Gasteiger partial charge in [-0.25, -0.2) is 9.97 Å². The summed E-state index contributed by atoms with van der Waals surface area (Å²) in [7, 11) is 0. The number of ether oxygens (including phenoxy) is 1. The molecule has 0 atom stereocenters. The van der Waals surface area contributed by atoms with E-state index in [0.717, 1.165) is 28.3 Å². The Hall–Kier alpha value is -3.68. The molecule has 0 spiro atoms. The van der Waals surface area contributed by atoms with Gasteiger partial charge in [-0.05, 0) is 43.2 Å². The highest BCUT2D eigenvalue weighted by atomic mass is 16.5. The molecule has 1 amide bonds. The van der Waals surface area contributed by atoms with Crippen LogP contribution in [0.2, 0.25) is 0 Å². The molecule has 3 rings (SSSR count). The van der Waals surface area contributed by atoms with Crippen LogP contribution in [0.3, 0.4) is 0 Å². The first kappa shape index (κ1) is 20.1. The standard InChI is InChI=1S/C21H24N6O2/c1-14-7-4-5-10-19(14)29-12-11-22-20-23-13-24-21(27-20)26-18-9-6-8-17(15(18)2)25-16(3)28/h4-10,13H,11-12H2,1-3H3,(H,25,28)(H2,22,23,24,26,27). The Bertz CT molecular complexity index is 992. The van der Waals surface area contributed by atoms with Crippen LogP contribution in [0.4, 0.5) is 23.3 Å². The summed E-state index contributed by atoms with van der Waals surface area (Å²) in [5.74, 6) is 1.60. The van der Waals surface area contributed by atoms with Crippen molar-refractivity contribution in [3.8, 4) is 5.75 Å². The van der Waals surface area contributed by atoms with Gasteiger partial charge in [-0.2, -0.15) is 4.98 Å². The molecule has 0 aliphatic heterocycles. The number of hydrogen-bond acceptors (Lipinski definition) is 7. The molecule has 3 aromatic rings.